The number of hydrogen-bond donors (Lipinski definition) is 1. The minimum absolute atomic E-state index is 0.231. The predicted molar refractivity (Wildman–Crippen MR) is 51.6 cm³/mol. The van der Waals surface area contributed by atoms with E-state index in [0.717, 1.165) is 4.52 Å². The van der Waals surface area contributed by atoms with E-state index in [-0.39, 0.29) is 11.1 Å². The van der Waals surface area contributed by atoms with Crippen molar-refractivity contribution in [2.45, 2.75) is 13.8 Å². The average Bonchev–Trinajstić information content (AvgIpc) is 2.16. The van der Waals surface area contributed by atoms with Gasteiger partial charge in [0.2, 0.25) is 0 Å². The molecule has 0 spiro atoms. The molecule has 0 unspecified atom stereocenters. The number of nitrogens with zero attached hydrogens (tertiary/aromatic N) is 2. The first-order chi connectivity index (χ1) is 6.59. The summed E-state index contributed by atoms with van der Waals surface area (Å²) in [5.74, 6) is 0. The normalized spacial score (nSPS) is 10.7. The van der Waals surface area contributed by atoms with Crippen LogP contribution in [-0.2, 0) is 0 Å². The topological polar surface area (TPSA) is 67.2 Å². The van der Waals surface area contributed by atoms with E-state index in [2.05, 4.69) is 10.1 Å². The SMILES string of the molecule is Cc1nc2ccc(=O)[nH]n2c(=O)c1C. The van der Waals surface area contributed by atoms with Gasteiger partial charge in [0.15, 0.2) is 5.65 Å². The largest absolute Gasteiger partial charge is 0.275 e. The van der Waals surface area contributed by atoms with Gasteiger partial charge in [-0.2, -0.15) is 4.52 Å². The van der Waals surface area contributed by atoms with Crippen molar-refractivity contribution >= 4 is 5.65 Å². The van der Waals surface area contributed by atoms with Crippen LogP contribution < -0.4 is 11.1 Å². The summed E-state index contributed by atoms with van der Waals surface area (Å²) in [6.07, 6.45) is 0. The van der Waals surface area contributed by atoms with E-state index in [9.17, 15) is 9.59 Å². The summed E-state index contributed by atoms with van der Waals surface area (Å²) in [6.45, 7) is 3.45. The van der Waals surface area contributed by atoms with Crippen LogP contribution in [0.4, 0.5) is 0 Å². The number of aryl methyl sites for hydroxylation is 1. The lowest BCUT2D eigenvalue weighted by Gasteiger charge is -2.02. The highest BCUT2D eigenvalue weighted by atomic mass is 16.1. The molecule has 0 saturated heterocycles. The average molecular weight is 191 g/mol. The van der Waals surface area contributed by atoms with E-state index in [1.54, 1.807) is 13.8 Å². The second-order valence-electron chi connectivity index (χ2n) is 3.13. The first-order valence-corrected chi connectivity index (χ1v) is 4.19. The number of aromatic amines is 1. The van der Waals surface area contributed by atoms with Gasteiger partial charge in [0.05, 0.1) is 0 Å². The number of H-pyrrole nitrogens is 1. The first kappa shape index (κ1) is 8.68. The zero-order valence-electron chi connectivity index (χ0n) is 7.87. The van der Waals surface area contributed by atoms with Crippen molar-refractivity contribution in [2.24, 2.45) is 0 Å². The highest BCUT2D eigenvalue weighted by Crippen LogP contribution is 1.98. The molecule has 0 bridgehead atoms. The van der Waals surface area contributed by atoms with Gasteiger partial charge in [-0.1, -0.05) is 0 Å². The number of rotatable bonds is 0. The first-order valence-electron chi connectivity index (χ1n) is 4.19. The lowest BCUT2D eigenvalue weighted by molar-refractivity contribution is 0.824. The second kappa shape index (κ2) is 2.80. The van der Waals surface area contributed by atoms with Gasteiger partial charge in [0.1, 0.15) is 0 Å². The molecule has 0 fully saturated rings. The number of nitrogens with one attached hydrogen (secondary N) is 1. The van der Waals surface area contributed by atoms with Crippen LogP contribution in [0.2, 0.25) is 0 Å². The predicted octanol–water partition coefficient (Wildman–Crippen LogP) is -0.000360. The van der Waals surface area contributed by atoms with Crippen molar-refractivity contribution in [3.63, 3.8) is 0 Å². The Morgan fingerprint density at radius 2 is 2.00 bits per heavy atom. The molecular weight excluding hydrogens is 182 g/mol. The summed E-state index contributed by atoms with van der Waals surface area (Å²) in [5, 5.41) is 2.41. The smallest absolute Gasteiger partial charge is 0.268 e. The van der Waals surface area contributed by atoms with Gasteiger partial charge >= 0.3 is 0 Å². The fourth-order valence-electron chi connectivity index (χ4n) is 1.25. The van der Waals surface area contributed by atoms with Crippen molar-refractivity contribution in [3.8, 4) is 0 Å². The van der Waals surface area contributed by atoms with Crippen molar-refractivity contribution in [1.29, 1.82) is 0 Å². The van der Waals surface area contributed by atoms with E-state index in [4.69, 9.17) is 0 Å². The third-order valence-electron chi connectivity index (χ3n) is 2.18. The summed E-state index contributed by atoms with van der Waals surface area (Å²) in [7, 11) is 0. The highest BCUT2D eigenvalue weighted by molar-refractivity contribution is 5.37. The Morgan fingerprint density at radius 1 is 1.29 bits per heavy atom. The number of fused-ring (bicyclic) bond motifs is 1. The Labute approximate surface area is 79.0 Å². The van der Waals surface area contributed by atoms with E-state index in [0.29, 0.717) is 16.9 Å². The molecule has 0 aliphatic carbocycles. The lowest BCUT2D eigenvalue weighted by Crippen LogP contribution is -2.25. The summed E-state index contributed by atoms with van der Waals surface area (Å²) in [5.41, 5.74) is 1.14. The Kier molecular flexibility index (Phi) is 1.73. The molecule has 2 heterocycles. The molecule has 0 atom stereocenters. The molecular formula is C9H9N3O2. The van der Waals surface area contributed by atoms with Crippen LogP contribution in [-0.4, -0.2) is 14.6 Å². The quantitative estimate of drug-likeness (QED) is 0.637. The minimum Gasteiger partial charge on any atom is -0.268 e. The van der Waals surface area contributed by atoms with Crippen LogP contribution in [0.5, 0.6) is 0 Å². The van der Waals surface area contributed by atoms with Crippen molar-refractivity contribution in [3.05, 3.63) is 44.1 Å². The third-order valence-corrected chi connectivity index (χ3v) is 2.18. The van der Waals surface area contributed by atoms with Gasteiger partial charge in [-0.25, -0.2) is 4.98 Å². The Hall–Kier alpha value is -1.91. The highest BCUT2D eigenvalue weighted by Gasteiger charge is 2.04. The van der Waals surface area contributed by atoms with Gasteiger partial charge in [-0.05, 0) is 19.9 Å². The van der Waals surface area contributed by atoms with E-state index in [1.807, 2.05) is 0 Å². The van der Waals surface area contributed by atoms with E-state index in [1.165, 1.54) is 12.1 Å². The number of aromatic nitrogens is 3. The Balaban J connectivity index is 3.07. The zero-order chi connectivity index (χ0) is 10.3. The van der Waals surface area contributed by atoms with Crippen LogP contribution in [0.1, 0.15) is 11.3 Å². The van der Waals surface area contributed by atoms with Crippen molar-refractivity contribution < 1.29 is 0 Å². The summed E-state index contributed by atoms with van der Waals surface area (Å²) >= 11 is 0. The van der Waals surface area contributed by atoms with Crippen molar-refractivity contribution in [1.82, 2.24) is 14.6 Å². The third kappa shape index (κ3) is 1.14. The van der Waals surface area contributed by atoms with Gasteiger partial charge in [-0.15, -0.1) is 0 Å². The fraction of sp³-hybridized carbons (Fsp3) is 0.222. The summed E-state index contributed by atoms with van der Waals surface area (Å²) < 4.78 is 1.16. The summed E-state index contributed by atoms with van der Waals surface area (Å²) in [6, 6.07) is 2.86. The van der Waals surface area contributed by atoms with Gasteiger partial charge < -0.3 is 0 Å². The van der Waals surface area contributed by atoms with Crippen LogP contribution >= 0.6 is 0 Å². The molecule has 72 valence electrons. The molecule has 0 aliphatic heterocycles. The maximum atomic E-state index is 11.7. The van der Waals surface area contributed by atoms with Crippen LogP contribution in [0.3, 0.4) is 0 Å². The number of hydrogen-bond acceptors (Lipinski definition) is 3. The molecule has 5 nitrogen and oxygen atoms in total. The Morgan fingerprint density at radius 3 is 2.71 bits per heavy atom. The summed E-state index contributed by atoms with van der Waals surface area (Å²) in [4.78, 5) is 26.8. The molecule has 2 aromatic rings. The standard InChI is InChI=1S/C9H9N3O2/c1-5-6(2)10-7-3-4-8(13)11-12(7)9(5)14/h3-4H,1-2H3,(H,11,13). The minimum atomic E-state index is -0.315. The Bertz CT molecular complexity index is 609. The van der Waals surface area contributed by atoms with Gasteiger partial charge in [0, 0.05) is 17.3 Å². The second-order valence-corrected chi connectivity index (χ2v) is 3.13. The fourth-order valence-corrected chi connectivity index (χ4v) is 1.25. The van der Waals surface area contributed by atoms with Crippen molar-refractivity contribution in [2.75, 3.05) is 0 Å². The molecule has 2 rings (SSSR count). The van der Waals surface area contributed by atoms with E-state index < -0.39 is 0 Å². The molecule has 0 radical (unpaired) electrons. The molecule has 0 amide bonds. The molecule has 14 heavy (non-hydrogen) atoms. The lowest BCUT2D eigenvalue weighted by atomic mass is 10.3. The zero-order valence-corrected chi connectivity index (χ0v) is 7.87. The van der Waals surface area contributed by atoms with Gasteiger partial charge in [-0.3, -0.25) is 14.7 Å². The molecule has 5 heteroatoms. The maximum Gasteiger partial charge on any atom is 0.275 e. The molecule has 2 aromatic heterocycles. The van der Waals surface area contributed by atoms with Crippen LogP contribution in [0.25, 0.3) is 5.65 Å². The maximum absolute atomic E-state index is 11.7. The van der Waals surface area contributed by atoms with Crippen LogP contribution in [0.15, 0.2) is 21.7 Å². The molecule has 0 aromatic carbocycles. The molecule has 0 aliphatic rings. The van der Waals surface area contributed by atoms with Gasteiger partial charge in [0.25, 0.3) is 11.1 Å². The monoisotopic (exact) mass is 191 g/mol. The molecule has 0 saturated carbocycles. The molecule has 1 N–H and O–H groups in total. The van der Waals surface area contributed by atoms with E-state index >= 15 is 0 Å². The van der Waals surface area contributed by atoms with Crippen LogP contribution in [0, 0.1) is 13.8 Å².